The normalized spacial score (nSPS) is 14.4. The van der Waals surface area contributed by atoms with E-state index >= 15 is 0 Å². The van der Waals surface area contributed by atoms with E-state index in [0.717, 1.165) is 75.4 Å². The number of ether oxygens (including phenoxy) is 2. The minimum Gasteiger partial charge on any atom is -0.493 e. The van der Waals surface area contributed by atoms with Crippen molar-refractivity contribution >= 4 is 18.2 Å². The number of ketones is 1. The maximum Gasteiger partial charge on any atom is 0.164 e. The van der Waals surface area contributed by atoms with Crippen LogP contribution in [0.5, 0.6) is 5.75 Å². The topological polar surface area (TPSA) is 38.8 Å². The summed E-state index contributed by atoms with van der Waals surface area (Å²) < 4.78 is 11.6. The fourth-order valence-corrected chi connectivity index (χ4v) is 3.59. The lowest BCUT2D eigenvalue weighted by molar-refractivity contribution is 0.0958. The first-order valence-electron chi connectivity index (χ1n) is 11.3. The Labute approximate surface area is 183 Å². The molecule has 1 heterocycles. The number of aryl methyl sites for hydroxylation is 1. The molecular formula is C24H40ClNO3. The Balaban J connectivity index is 0.00000420. The number of benzene rings is 1. The molecule has 0 bridgehead atoms. The van der Waals surface area contributed by atoms with Gasteiger partial charge < -0.3 is 14.4 Å². The summed E-state index contributed by atoms with van der Waals surface area (Å²) in [5.41, 5.74) is 1.95. The van der Waals surface area contributed by atoms with Gasteiger partial charge in [-0.15, -0.1) is 12.4 Å². The van der Waals surface area contributed by atoms with Gasteiger partial charge in [0.1, 0.15) is 5.75 Å². The molecule has 1 saturated heterocycles. The molecule has 1 fully saturated rings. The van der Waals surface area contributed by atoms with Crippen LogP contribution in [0.4, 0.5) is 0 Å². The Hall–Kier alpha value is -1.10. The second-order valence-electron chi connectivity index (χ2n) is 7.77. The summed E-state index contributed by atoms with van der Waals surface area (Å²) in [5, 5.41) is 0. The summed E-state index contributed by atoms with van der Waals surface area (Å²) in [6.07, 6.45) is 9.70. The summed E-state index contributed by atoms with van der Waals surface area (Å²) in [4.78, 5) is 15.0. The van der Waals surface area contributed by atoms with E-state index in [0.29, 0.717) is 13.0 Å². The Bertz CT molecular complexity index is 573. The van der Waals surface area contributed by atoms with Crippen molar-refractivity contribution in [3.8, 4) is 5.75 Å². The van der Waals surface area contributed by atoms with Crippen LogP contribution in [0, 0.1) is 0 Å². The van der Waals surface area contributed by atoms with Gasteiger partial charge in [-0.3, -0.25) is 4.79 Å². The molecule has 1 aliphatic rings. The largest absolute Gasteiger partial charge is 0.493 e. The number of piperidine rings is 1. The second-order valence-corrected chi connectivity index (χ2v) is 7.77. The predicted molar refractivity (Wildman–Crippen MR) is 123 cm³/mol. The van der Waals surface area contributed by atoms with Crippen LogP contribution in [-0.4, -0.2) is 50.1 Å². The SMILES string of the molecule is CCCCOCCCCOc1ccc(C(=O)CCN2CCCCC2)cc1CC.Cl. The van der Waals surface area contributed by atoms with Gasteiger partial charge in [0.2, 0.25) is 0 Å². The van der Waals surface area contributed by atoms with Gasteiger partial charge in [-0.2, -0.15) is 0 Å². The van der Waals surface area contributed by atoms with E-state index in [-0.39, 0.29) is 18.2 Å². The van der Waals surface area contributed by atoms with Crippen molar-refractivity contribution in [1.82, 2.24) is 4.90 Å². The highest BCUT2D eigenvalue weighted by Crippen LogP contribution is 2.22. The van der Waals surface area contributed by atoms with Gasteiger partial charge in [0, 0.05) is 31.7 Å². The standard InChI is InChI=1S/C24H39NO3.ClH/c1-3-5-17-27-18-9-10-19-28-24-12-11-22(20-21(24)4-2)23(26)13-16-25-14-7-6-8-15-25;/h11-12,20H,3-10,13-19H2,1-2H3;1H. The molecule has 0 amide bonds. The molecule has 29 heavy (non-hydrogen) atoms. The first-order valence-corrected chi connectivity index (χ1v) is 11.3. The quantitative estimate of drug-likeness (QED) is 0.283. The number of likely N-dealkylation sites (tertiary alicyclic amines) is 1. The molecule has 1 aromatic rings. The van der Waals surface area contributed by atoms with E-state index in [1.165, 1.54) is 25.7 Å². The first kappa shape index (κ1) is 25.9. The Morgan fingerprint density at radius 2 is 1.72 bits per heavy atom. The number of carbonyl (C=O) groups excluding carboxylic acids is 1. The third-order valence-corrected chi connectivity index (χ3v) is 5.45. The van der Waals surface area contributed by atoms with Gasteiger partial charge in [0.05, 0.1) is 6.61 Å². The third kappa shape index (κ3) is 9.97. The van der Waals surface area contributed by atoms with Crippen molar-refractivity contribution < 1.29 is 14.3 Å². The number of Topliss-reactive ketones (excluding diaryl/α,β-unsaturated/α-hetero) is 1. The van der Waals surface area contributed by atoms with E-state index in [1.54, 1.807) is 0 Å². The average Bonchev–Trinajstić information content (AvgIpc) is 2.74. The molecule has 166 valence electrons. The van der Waals surface area contributed by atoms with Gasteiger partial charge in [-0.1, -0.05) is 26.7 Å². The number of hydrogen-bond acceptors (Lipinski definition) is 4. The first-order chi connectivity index (χ1) is 13.7. The molecule has 0 saturated carbocycles. The second kappa shape index (κ2) is 15.7. The minimum absolute atomic E-state index is 0. The minimum atomic E-state index is 0. The van der Waals surface area contributed by atoms with Crippen LogP contribution in [0.25, 0.3) is 0 Å². The van der Waals surface area contributed by atoms with Crippen molar-refractivity contribution in [3.63, 3.8) is 0 Å². The summed E-state index contributed by atoms with van der Waals surface area (Å²) in [6.45, 7) is 9.85. The van der Waals surface area contributed by atoms with Crippen molar-refractivity contribution in [2.24, 2.45) is 0 Å². The monoisotopic (exact) mass is 425 g/mol. The molecule has 4 nitrogen and oxygen atoms in total. The van der Waals surface area contributed by atoms with Crippen molar-refractivity contribution in [3.05, 3.63) is 29.3 Å². The Kier molecular flexibility index (Phi) is 14.0. The van der Waals surface area contributed by atoms with Crippen molar-refractivity contribution in [1.29, 1.82) is 0 Å². The highest BCUT2D eigenvalue weighted by atomic mass is 35.5. The molecule has 0 radical (unpaired) electrons. The fraction of sp³-hybridized carbons (Fsp3) is 0.708. The van der Waals surface area contributed by atoms with Crippen LogP contribution in [0.2, 0.25) is 0 Å². The number of halogens is 1. The molecule has 1 aliphatic heterocycles. The van der Waals surface area contributed by atoms with E-state index < -0.39 is 0 Å². The smallest absolute Gasteiger partial charge is 0.164 e. The van der Waals surface area contributed by atoms with Crippen LogP contribution in [0.3, 0.4) is 0 Å². The molecular weight excluding hydrogens is 386 g/mol. The zero-order valence-corrected chi connectivity index (χ0v) is 19.2. The molecule has 0 aliphatic carbocycles. The number of unbranched alkanes of at least 4 members (excludes halogenated alkanes) is 2. The number of hydrogen-bond donors (Lipinski definition) is 0. The van der Waals surface area contributed by atoms with Crippen LogP contribution >= 0.6 is 12.4 Å². The number of rotatable bonds is 14. The summed E-state index contributed by atoms with van der Waals surface area (Å²) in [7, 11) is 0. The Morgan fingerprint density at radius 3 is 2.45 bits per heavy atom. The fourth-order valence-electron chi connectivity index (χ4n) is 3.59. The maximum atomic E-state index is 12.6. The Morgan fingerprint density at radius 1 is 1.00 bits per heavy atom. The van der Waals surface area contributed by atoms with Gasteiger partial charge in [-0.25, -0.2) is 0 Å². The van der Waals surface area contributed by atoms with Gasteiger partial charge in [0.25, 0.3) is 0 Å². The zero-order chi connectivity index (χ0) is 20.0. The molecule has 0 N–H and O–H groups in total. The molecule has 5 heteroatoms. The predicted octanol–water partition coefficient (Wildman–Crippen LogP) is 5.71. The van der Waals surface area contributed by atoms with Crippen molar-refractivity contribution in [2.75, 3.05) is 39.5 Å². The highest BCUT2D eigenvalue weighted by Gasteiger charge is 2.14. The van der Waals surface area contributed by atoms with E-state index in [2.05, 4.69) is 18.7 Å². The lowest BCUT2D eigenvalue weighted by Crippen LogP contribution is -2.31. The summed E-state index contributed by atoms with van der Waals surface area (Å²) >= 11 is 0. The molecule has 0 spiro atoms. The van der Waals surface area contributed by atoms with Crippen molar-refractivity contribution in [2.45, 2.75) is 71.6 Å². The van der Waals surface area contributed by atoms with Gasteiger partial charge in [-0.05, 0) is 75.4 Å². The van der Waals surface area contributed by atoms with Crippen LogP contribution in [0.1, 0.15) is 81.1 Å². The zero-order valence-electron chi connectivity index (χ0n) is 18.4. The molecule has 0 aromatic heterocycles. The number of carbonyl (C=O) groups is 1. The third-order valence-electron chi connectivity index (χ3n) is 5.45. The lowest BCUT2D eigenvalue weighted by atomic mass is 10.0. The summed E-state index contributed by atoms with van der Waals surface area (Å²) in [5.74, 6) is 1.16. The van der Waals surface area contributed by atoms with Crippen LogP contribution < -0.4 is 4.74 Å². The van der Waals surface area contributed by atoms with E-state index in [1.807, 2.05) is 18.2 Å². The number of nitrogens with zero attached hydrogens (tertiary/aromatic N) is 1. The maximum absolute atomic E-state index is 12.6. The van der Waals surface area contributed by atoms with E-state index in [4.69, 9.17) is 9.47 Å². The average molecular weight is 426 g/mol. The lowest BCUT2D eigenvalue weighted by Gasteiger charge is -2.26. The highest BCUT2D eigenvalue weighted by molar-refractivity contribution is 5.96. The molecule has 0 atom stereocenters. The summed E-state index contributed by atoms with van der Waals surface area (Å²) in [6, 6.07) is 5.94. The van der Waals surface area contributed by atoms with E-state index in [9.17, 15) is 4.79 Å². The van der Waals surface area contributed by atoms with Gasteiger partial charge >= 0.3 is 0 Å². The molecule has 2 rings (SSSR count). The van der Waals surface area contributed by atoms with Gasteiger partial charge in [0.15, 0.2) is 5.78 Å². The molecule has 0 unspecified atom stereocenters. The molecule has 1 aromatic carbocycles. The van der Waals surface area contributed by atoms with Crippen LogP contribution in [-0.2, 0) is 11.2 Å². The van der Waals surface area contributed by atoms with Crippen LogP contribution in [0.15, 0.2) is 18.2 Å².